The van der Waals surface area contributed by atoms with Gasteiger partial charge < -0.3 is 5.73 Å². The summed E-state index contributed by atoms with van der Waals surface area (Å²) in [6.45, 7) is 7.42. The zero-order valence-corrected chi connectivity index (χ0v) is 11.4. The summed E-state index contributed by atoms with van der Waals surface area (Å²) in [4.78, 5) is -0.00660. The predicted molar refractivity (Wildman–Crippen MR) is 75.0 cm³/mol. The SMILES string of the molecule is C=CCN(CC=C)S(=O)(=O)c1cc(N)ccc1Cl. The number of nitrogen functional groups attached to an aromatic ring is 1. The number of nitrogens with two attached hydrogens (primary N) is 1. The lowest BCUT2D eigenvalue weighted by molar-refractivity contribution is 0.474. The van der Waals surface area contributed by atoms with E-state index >= 15 is 0 Å². The molecule has 2 N–H and O–H groups in total. The van der Waals surface area contributed by atoms with Gasteiger partial charge in [-0.05, 0) is 18.2 Å². The van der Waals surface area contributed by atoms with E-state index < -0.39 is 10.0 Å². The zero-order valence-electron chi connectivity index (χ0n) is 9.84. The highest BCUT2D eigenvalue weighted by Gasteiger charge is 2.25. The smallest absolute Gasteiger partial charge is 0.245 e. The number of halogens is 1. The van der Waals surface area contributed by atoms with Crippen LogP contribution in [-0.2, 0) is 10.0 Å². The normalized spacial score (nSPS) is 11.4. The molecule has 0 aromatic heterocycles. The lowest BCUT2D eigenvalue weighted by atomic mass is 10.3. The first-order chi connectivity index (χ1) is 8.43. The van der Waals surface area contributed by atoms with Gasteiger partial charge in [0.1, 0.15) is 4.90 Å². The largest absolute Gasteiger partial charge is 0.399 e. The number of nitrogens with zero attached hydrogens (tertiary/aromatic N) is 1. The first-order valence-corrected chi connectivity index (χ1v) is 7.02. The summed E-state index contributed by atoms with van der Waals surface area (Å²) >= 11 is 5.91. The van der Waals surface area contributed by atoms with Crippen LogP contribution in [0.4, 0.5) is 5.69 Å². The maximum Gasteiger partial charge on any atom is 0.245 e. The van der Waals surface area contributed by atoms with Gasteiger partial charge in [-0.2, -0.15) is 4.31 Å². The van der Waals surface area contributed by atoms with Crippen LogP contribution in [0.3, 0.4) is 0 Å². The molecule has 0 amide bonds. The highest BCUT2D eigenvalue weighted by Crippen LogP contribution is 2.26. The van der Waals surface area contributed by atoms with Crippen molar-refractivity contribution in [3.05, 3.63) is 48.5 Å². The van der Waals surface area contributed by atoms with Crippen molar-refractivity contribution >= 4 is 27.3 Å². The molecule has 0 spiro atoms. The molecule has 18 heavy (non-hydrogen) atoms. The van der Waals surface area contributed by atoms with Crippen molar-refractivity contribution in [2.24, 2.45) is 0 Å². The van der Waals surface area contributed by atoms with Gasteiger partial charge in [-0.1, -0.05) is 23.8 Å². The van der Waals surface area contributed by atoms with Crippen molar-refractivity contribution < 1.29 is 8.42 Å². The van der Waals surface area contributed by atoms with Crippen molar-refractivity contribution in [2.45, 2.75) is 4.90 Å². The standard InChI is InChI=1S/C12H15ClN2O2S/c1-3-7-15(8-4-2)18(16,17)12-9-10(14)5-6-11(12)13/h3-6,9H,1-2,7-8,14H2. The van der Waals surface area contributed by atoms with Gasteiger partial charge in [-0.3, -0.25) is 0 Å². The Labute approximate surface area is 112 Å². The van der Waals surface area contributed by atoms with Gasteiger partial charge in [-0.15, -0.1) is 13.2 Å². The maximum absolute atomic E-state index is 12.4. The molecule has 0 atom stereocenters. The quantitative estimate of drug-likeness (QED) is 0.644. The average Bonchev–Trinajstić information content (AvgIpc) is 2.32. The monoisotopic (exact) mass is 286 g/mol. The van der Waals surface area contributed by atoms with E-state index in [-0.39, 0.29) is 23.0 Å². The van der Waals surface area contributed by atoms with E-state index in [0.29, 0.717) is 5.69 Å². The molecule has 0 heterocycles. The minimum Gasteiger partial charge on any atom is -0.399 e. The molecule has 0 aliphatic carbocycles. The summed E-state index contributed by atoms with van der Waals surface area (Å²) in [5.41, 5.74) is 5.93. The second-order valence-electron chi connectivity index (χ2n) is 3.59. The lowest BCUT2D eigenvalue weighted by Crippen LogP contribution is -2.31. The van der Waals surface area contributed by atoms with E-state index in [1.54, 1.807) is 6.07 Å². The maximum atomic E-state index is 12.4. The van der Waals surface area contributed by atoms with Crippen LogP contribution in [0.2, 0.25) is 5.02 Å². The Hall–Kier alpha value is -1.30. The number of hydrogen-bond donors (Lipinski definition) is 1. The van der Waals surface area contributed by atoms with Gasteiger partial charge in [0.05, 0.1) is 5.02 Å². The van der Waals surface area contributed by atoms with E-state index in [2.05, 4.69) is 13.2 Å². The molecule has 0 saturated heterocycles. The summed E-state index contributed by atoms with van der Waals surface area (Å²) in [6, 6.07) is 4.35. The fraction of sp³-hybridized carbons (Fsp3) is 0.167. The number of benzene rings is 1. The van der Waals surface area contributed by atoms with Crippen molar-refractivity contribution in [1.29, 1.82) is 0 Å². The Morgan fingerprint density at radius 2 is 1.83 bits per heavy atom. The molecule has 1 rings (SSSR count). The fourth-order valence-corrected chi connectivity index (χ4v) is 3.31. The Morgan fingerprint density at radius 3 is 2.33 bits per heavy atom. The van der Waals surface area contributed by atoms with Crippen molar-refractivity contribution in [1.82, 2.24) is 4.31 Å². The fourth-order valence-electron chi connectivity index (χ4n) is 1.42. The molecule has 0 radical (unpaired) electrons. The number of anilines is 1. The summed E-state index contributed by atoms with van der Waals surface area (Å²) < 4.78 is 26.0. The van der Waals surface area contributed by atoms with E-state index in [4.69, 9.17) is 17.3 Å². The molecule has 1 aromatic rings. The van der Waals surface area contributed by atoms with E-state index in [1.165, 1.54) is 28.6 Å². The Bertz CT molecular complexity index is 545. The number of rotatable bonds is 6. The Balaban J connectivity index is 3.29. The minimum absolute atomic E-state index is 0.00660. The molecule has 0 aliphatic heterocycles. The summed E-state index contributed by atoms with van der Waals surface area (Å²) in [5, 5.41) is 0.141. The highest BCUT2D eigenvalue weighted by molar-refractivity contribution is 7.89. The first-order valence-electron chi connectivity index (χ1n) is 5.20. The van der Waals surface area contributed by atoms with Gasteiger partial charge in [0.2, 0.25) is 10.0 Å². The van der Waals surface area contributed by atoms with Crippen LogP contribution in [0.15, 0.2) is 48.4 Å². The molecule has 4 nitrogen and oxygen atoms in total. The predicted octanol–water partition coefficient (Wildman–Crippen LogP) is 2.28. The second-order valence-corrected chi connectivity index (χ2v) is 5.90. The highest BCUT2D eigenvalue weighted by atomic mass is 35.5. The molecule has 0 fully saturated rings. The molecule has 0 bridgehead atoms. The van der Waals surface area contributed by atoms with Crippen LogP contribution < -0.4 is 5.73 Å². The van der Waals surface area contributed by atoms with Crippen LogP contribution in [0.1, 0.15) is 0 Å². The van der Waals surface area contributed by atoms with E-state index in [9.17, 15) is 8.42 Å². The van der Waals surface area contributed by atoms with E-state index in [1.807, 2.05) is 0 Å². The van der Waals surface area contributed by atoms with Crippen LogP contribution in [0, 0.1) is 0 Å². The van der Waals surface area contributed by atoms with Gasteiger partial charge in [-0.25, -0.2) is 8.42 Å². The van der Waals surface area contributed by atoms with Crippen molar-refractivity contribution in [3.8, 4) is 0 Å². The zero-order chi connectivity index (χ0) is 13.8. The molecular weight excluding hydrogens is 272 g/mol. The third kappa shape index (κ3) is 3.13. The number of sulfonamides is 1. The Kier molecular flexibility index (Phi) is 4.95. The van der Waals surface area contributed by atoms with Crippen LogP contribution in [0.25, 0.3) is 0 Å². The molecule has 0 aliphatic rings. The van der Waals surface area contributed by atoms with Crippen molar-refractivity contribution in [2.75, 3.05) is 18.8 Å². The third-order valence-corrected chi connectivity index (χ3v) is 4.55. The molecule has 0 saturated carbocycles. The van der Waals surface area contributed by atoms with Gasteiger partial charge in [0.25, 0.3) is 0 Å². The first kappa shape index (κ1) is 14.8. The van der Waals surface area contributed by atoms with Crippen LogP contribution in [0.5, 0.6) is 0 Å². The van der Waals surface area contributed by atoms with Crippen molar-refractivity contribution in [3.63, 3.8) is 0 Å². The van der Waals surface area contributed by atoms with Gasteiger partial charge in [0.15, 0.2) is 0 Å². The third-order valence-electron chi connectivity index (χ3n) is 2.24. The van der Waals surface area contributed by atoms with Crippen LogP contribution >= 0.6 is 11.6 Å². The number of hydrogen-bond acceptors (Lipinski definition) is 3. The Morgan fingerprint density at radius 1 is 1.28 bits per heavy atom. The molecular formula is C12H15ClN2O2S. The summed E-state index contributed by atoms with van der Waals surface area (Å²) in [5.74, 6) is 0. The summed E-state index contributed by atoms with van der Waals surface area (Å²) in [6.07, 6.45) is 3.00. The lowest BCUT2D eigenvalue weighted by Gasteiger charge is -2.19. The molecule has 6 heteroatoms. The van der Waals surface area contributed by atoms with E-state index in [0.717, 1.165) is 0 Å². The topological polar surface area (TPSA) is 63.4 Å². The molecule has 1 aromatic carbocycles. The van der Waals surface area contributed by atoms with Crippen LogP contribution in [-0.4, -0.2) is 25.8 Å². The second kappa shape index (κ2) is 6.04. The average molecular weight is 287 g/mol. The molecule has 0 unspecified atom stereocenters. The minimum atomic E-state index is -3.70. The molecule has 98 valence electrons. The van der Waals surface area contributed by atoms with Gasteiger partial charge in [0, 0.05) is 18.8 Å². The summed E-state index contributed by atoms with van der Waals surface area (Å²) in [7, 11) is -3.70. The van der Waals surface area contributed by atoms with Gasteiger partial charge >= 0.3 is 0 Å².